The van der Waals surface area contributed by atoms with E-state index in [1.165, 1.54) is 11.1 Å². The van der Waals surface area contributed by atoms with Crippen molar-refractivity contribution in [1.29, 1.82) is 0 Å². The minimum Gasteiger partial charge on any atom is -0.352 e. The number of aliphatic imine (C=N–C) groups is 1. The monoisotopic (exact) mass is 386 g/mol. The molecule has 1 aliphatic rings. The Morgan fingerprint density at radius 1 is 1.10 bits per heavy atom. The van der Waals surface area contributed by atoms with Crippen molar-refractivity contribution in [2.45, 2.75) is 19.9 Å². The van der Waals surface area contributed by atoms with Gasteiger partial charge in [-0.1, -0.05) is 42.5 Å². The van der Waals surface area contributed by atoms with E-state index >= 15 is 0 Å². The standard InChI is InChI=1S/C23H26N6/c1-18-25-13-16-29(18)22-21(9-6-12-26-22)17-27-23(24-2)28-14-10-20(11-15-28)19-7-4-3-5-8-19/h3-10,12-13,16H,11,14-15,17H2,1-2H3,(H,24,27). The number of rotatable bonds is 4. The fourth-order valence-electron chi connectivity index (χ4n) is 3.67. The maximum absolute atomic E-state index is 4.56. The van der Waals surface area contributed by atoms with Crippen molar-refractivity contribution in [3.05, 3.63) is 84.1 Å². The minimum absolute atomic E-state index is 0.652. The molecule has 0 spiro atoms. The molecule has 3 heterocycles. The molecule has 0 saturated carbocycles. The van der Waals surface area contributed by atoms with Gasteiger partial charge in [-0.15, -0.1) is 0 Å². The molecule has 1 aromatic carbocycles. The Kier molecular flexibility index (Phi) is 5.70. The molecular weight excluding hydrogens is 360 g/mol. The number of hydrogen-bond donors (Lipinski definition) is 1. The van der Waals surface area contributed by atoms with Gasteiger partial charge in [0.2, 0.25) is 0 Å². The van der Waals surface area contributed by atoms with Gasteiger partial charge < -0.3 is 10.2 Å². The van der Waals surface area contributed by atoms with Crippen molar-refractivity contribution in [2.75, 3.05) is 20.1 Å². The molecule has 0 fully saturated rings. The van der Waals surface area contributed by atoms with Gasteiger partial charge in [-0.2, -0.15) is 0 Å². The van der Waals surface area contributed by atoms with Crippen molar-refractivity contribution >= 4 is 11.5 Å². The maximum atomic E-state index is 4.56. The van der Waals surface area contributed by atoms with Crippen LogP contribution in [-0.2, 0) is 6.54 Å². The predicted molar refractivity (Wildman–Crippen MR) is 117 cm³/mol. The maximum Gasteiger partial charge on any atom is 0.194 e. The SMILES string of the molecule is CN=C(NCc1cccnc1-n1ccnc1C)N1CC=C(c2ccccc2)CC1. The Morgan fingerprint density at radius 3 is 2.66 bits per heavy atom. The van der Waals surface area contributed by atoms with Gasteiger partial charge in [0.25, 0.3) is 0 Å². The lowest BCUT2D eigenvalue weighted by Gasteiger charge is -2.30. The summed E-state index contributed by atoms with van der Waals surface area (Å²) in [5.74, 6) is 2.73. The van der Waals surface area contributed by atoms with E-state index < -0.39 is 0 Å². The molecule has 4 rings (SSSR count). The number of nitrogens with zero attached hydrogens (tertiary/aromatic N) is 5. The highest BCUT2D eigenvalue weighted by Crippen LogP contribution is 2.22. The number of aryl methyl sites for hydroxylation is 1. The Morgan fingerprint density at radius 2 is 1.97 bits per heavy atom. The van der Waals surface area contributed by atoms with E-state index in [2.05, 4.69) is 67.7 Å². The number of pyridine rings is 1. The van der Waals surface area contributed by atoms with Crippen LogP contribution in [0.2, 0.25) is 0 Å². The van der Waals surface area contributed by atoms with Crippen LogP contribution in [0.3, 0.4) is 0 Å². The van der Waals surface area contributed by atoms with Gasteiger partial charge in [-0.3, -0.25) is 9.56 Å². The van der Waals surface area contributed by atoms with E-state index in [9.17, 15) is 0 Å². The van der Waals surface area contributed by atoms with Crippen LogP contribution in [0.4, 0.5) is 0 Å². The third-order valence-corrected chi connectivity index (χ3v) is 5.22. The van der Waals surface area contributed by atoms with Gasteiger partial charge >= 0.3 is 0 Å². The van der Waals surface area contributed by atoms with E-state index in [4.69, 9.17) is 0 Å². The fourth-order valence-corrected chi connectivity index (χ4v) is 3.67. The van der Waals surface area contributed by atoms with Gasteiger partial charge in [0.1, 0.15) is 11.6 Å². The largest absolute Gasteiger partial charge is 0.352 e. The zero-order valence-electron chi connectivity index (χ0n) is 16.9. The number of nitrogens with one attached hydrogen (secondary N) is 1. The minimum atomic E-state index is 0.652. The second-order valence-corrected chi connectivity index (χ2v) is 7.02. The summed E-state index contributed by atoms with van der Waals surface area (Å²) in [5.41, 5.74) is 3.82. The lowest BCUT2D eigenvalue weighted by Crippen LogP contribution is -2.43. The van der Waals surface area contributed by atoms with Crippen LogP contribution in [0.5, 0.6) is 0 Å². The van der Waals surface area contributed by atoms with Crippen LogP contribution in [0.15, 0.2) is 72.1 Å². The van der Waals surface area contributed by atoms with Crippen LogP contribution in [0.1, 0.15) is 23.4 Å². The second-order valence-electron chi connectivity index (χ2n) is 7.02. The van der Waals surface area contributed by atoms with E-state index in [1.807, 2.05) is 37.0 Å². The third-order valence-electron chi connectivity index (χ3n) is 5.22. The van der Waals surface area contributed by atoms with Gasteiger partial charge in [0, 0.05) is 50.8 Å². The molecule has 1 N–H and O–H groups in total. The van der Waals surface area contributed by atoms with Crippen LogP contribution < -0.4 is 5.32 Å². The topological polar surface area (TPSA) is 58.3 Å². The first-order valence-electron chi connectivity index (χ1n) is 9.90. The van der Waals surface area contributed by atoms with Crippen molar-refractivity contribution in [2.24, 2.45) is 4.99 Å². The first-order chi connectivity index (χ1) is 14.3. The molecule has 0 bridgehead atoms. The number of aromatic nitrogens is 3. The van der Waals surface area contributed by atoms with E-state index in [0.717, 1.165) is 42.7 Å². The Balaban J connectivity index is 1.44. The molecule has 0 saturated heterocycles. The summed E-state index contributed by atoms with van der Waals surface area (Å²) >= 11 is 0. The van der Waals surface area contributed by atoms with Crippen LogP contribution >= 0.6 is 0 Å². The number of hydrogen-bond acceptors (Lipinski definition) is 3. The predicted octanol–water partition coefficient (Wildman–Crippen LogP) is 3.44. The van der Waals surface area contributed by atoms with Crippen molar-refractivity contribution < 1.29 is 0 Å². The molecule has 148 valence electrons. The van der Waals surface area contributed by atoms with E-state index in [0.29, 0.717) is 6.54 Å². The molecule has 0 unspecified atom stereocenters. The van der Waals surface area contributed by atoms with E-state index in [-0.39, 0.29) is 0 Å². The van der Waals surface area contributed by atoms with Gasteiger partial charge in [0.05, 0.1) is 0 Å². The highest BCUT2D eigenvalue weighted by molar-refractivity contribution is 5.81. The lowest BCUT2D eigenvalue weighted by atomic mass is 10.00. The summed E-state index contributed by atoms with van der Waals surface area (Å²) in [5, 5.41) is 3.50. The molecule has 0 radical (unpaired) electrons. The summed E-state index contributed by atoms with van der Waals surface area (Å²) in [4.78, 5) is 15.7. The number of guanidine groups is 1. The molecule has 0 atom stereocenters. The zero-order chi connectivity index (χ0) is 20.1. The van der Waals surface area contributed by atoms with Gasteiger partial charge in [-0.25, -0.2) is 9.97 Å². The first-order valence-corrected chi connectivity index (χ1v) is 9.90. The molecular formula is C23H26N6. The summed E-state index contributed by atoms with van der Waals surface area (Å²) in [6.07, 6.45) is 8.86. The molecule has 2 aromatic heterocycles. The fraction of sp³-hybridized carbons (Fsp3) is 0.261. The highest BCUT2D eigenvalue weighted by atomic mass is 15.3. The Hall–Kier alpha value is -3.41. The van der Waals surface area contributed by atoms with Crippen LogP contribution in [0, 0.1) is 6.92 Å². The molecule has 3 aromatic rings. The van der Waals surface area contributed by atoms with Crippen molar-refractivity contribution in [3.63, 3.8) is 0 Å². The average molecular weight is 387 g/mol. The molecule has 6 nitrogen and oxygen atoms in total. The number of imidazole rings is 1. The molecule has 1 aliphatic heterocycles. The molecule has 0 aliphatic carbocycles. The Bertz CT molecular complexity index is 1020. The highest BCUT2D eigenvalue weighted by Gasteiger charge is 2.17. The van der Waals surface area contributed by atoms with Crippen molar-refractivity contribution in [3.8, 4) is 5.82 Å². The Labute approximate surface area is 171 Å². The third kappa shape index (κ3) is 4.21. The van der Waals surface area contributed by atoms with Crippen LogP contribution in [-0.4, -0.2) is 45.5 Å². The average Bonchev–Trinajstić information content (AvgIpc) is 3.21. The van der Waals surface area contributed by atoms with Crippen molar-refractivity contribution in [1.82, 2.24) is 24.8 Å². The second kappa shape index (κ2) is 8.73. The summed E-state index contributed by atoms with van der Waals surface area (Å²) < 4.78 is 2.01. The molecule has 29 heavy (non-hydrogen) atoms. The van der Waals surface area contributed by atoms with Gasteiger partial charge in [0.15, 0.2) is 5.96 Å². The van der Waals surface area contributed by atoms with Crippen LogP contribution in [0.25, 0.3) is 11.4 Å². The first kappa shape index (κ1) is 18.9. The zero-order valence-corrected chi connectivity index (χ0v) is 16.9. The summed E-state index contributed by atoms with van der Waals surface area (Å²) in [6.45, 7) is 4.43. The normalized spacial score (nSPS) is 14.6. The number of benzene rings is 1. The smallest absolute Gasteiger partial charge is 0.194 e. The van der Waals surface area contributed by atoms with E-state index in [1.54, 1.807) is 6.20 Å². The quantitative estimate of drug-likeness (QED) is 0.551. The molecule has 0 amide bonds. The van der Waals surface area contributed by atoms with Gasteiger partial charge in [-0.05, 0) is 30.5 Å². The molecule has 6 heteroatoms. The summed E-state index contributed by atoms with van der Waals surface area (Å²) in [7, 11) is 1.84. The lowest BCUT2D eigenvalue weighted by molar-refractivity contribution is 0.439. The summed E-state index contributed by atoms with van der Waals surface area (Å²) in [6, 6.07) is 14.7.